The number of hydrogen-bond donors (Lipinski definition) is 2. The molecule has 3 aromatic rings. The maximum absolute atomic E-state index is 11.5. The summed E-state index contributed by atoms with van der Waals surface area (Å²) in [4.78, 5) is 22.6. The molecule has 0 aromatic heterocycles. The van der Waals surface area contributed by atoms with Crippen LogP contribution in [0.2, 0.25) is 5.02 Å². The van der Waals surface area contributed by atoms with E-state index < -0.39 is 5.97 Å². The first-order valence-electron chi connectivity index (χ1n) is 8.90. The number of ether oxygens (including phenoxy) is 1. The van der Waals surface area contributed by atoms with Gasteiger partial charge in [0.15, 0.2) is 5.78 Å². The molecule has 0 saturated carbocycles. The van der Waals surface area contributed by atoms with E-state index in [0.29, 0.717) is 6.42 Å². The van der Waals surface area contributed by atoms with E-state index in [-0.39, 0.29) is 40.0 Å². The number of phenols is 1. The molecule has 148 valence electrons. The van der Waals surface area contributed by atoms with Crippen LogP contribution in [0, 0.1) is 0 Å². The molecule has 0 radical (unpaired) electrons. The highest BCUT2D eigenvalue weighted by molar-refractivity contribution is 6.34. The Bertz CT molecular complexity index is 1070. The van der Waals surface area contributed by atoms with Crippen LogP contribution in [-0.2, 0) is 13.0 Å². The summed E-state index contributed by atoms with van der Waals surface area (Å²) in [6.07, 6.45) is 0.587. The number of carboxylic acids is 1. The summed E-state index contributed by atoms with van der Waals surface area (Å²) in [6.45, 7) is 1.57. The molecule has 3 aromatic carbocycles. The molecule has 0 spiro atoms. The maximum atomic E-state index is 11.5. The molecule has 6 heteroatoms. The van der Waals surface area contributed by atoms with Crippen molar-refractivity contribution in [2.24, 2.45) is 0 Å². The van der Waals surface area contributed by atoms with Crippen molar-refractivity contribution in [2.75, 3.05) is 0 Å². The molecule has 0 fully saturated rings. The number of aromatic carboxylic acids is 1. The highest BCUT2D eigenvalue weighted by Gasteiger charge is 2.15. The number of ketones is 1. The first-order valence-corrected chi connectivity index (χ1v) is 9.28. The normalized spacial score (nSPS) is 10.6. The Kier molecular flexibility index (Phi) is 6.20. The van der Waals surface area contributed by atoms with Gasteiger partial charge >= 0.3 is 5.97 Å². The Morgan fingerprint density at radius 2 is 1.62 bits per heavy atom. The minimum absolute atomic E-state index is 0.000611. The second kappa shape index (κ2) is 8.80. The van der Waals surface area contributed by atoms with Gasteiger partial charge in [0.2, 0.25) is 0 Å². The molecule has 0 heterocycles. The second-order valence-electron chi connectivity index (χ2n) is 6.62. The van der Waals surface area contributed by atoms with Crippen LogP contribution in [0.1, 0.15) is 44.3 Å². The lowest BCUT2D eigenvalue weighted by Gasteiger charge is -2.12. The number of aromatic hydroxyl groups is 1. The fourth-order valence-electron chi connectivity index (χ4n) is 2.98. The van der Waals surface area contributed by atoms with Gasteiger partial charge in [-0.25, -0.2) is 4.79 Å². The maximum Gasteiger partial charge on any atom is 0.335 e. The lowest BCUT2D eigenvalue weighted by Crippen LogP contribution is -2.00. The number of carbonyl (C=O) groups excluding carboxylic acids is 1. The van der Waals surface area contributed by atoms with Gasteiger partial charge in [-0.2, -0.15) is 0 Å². The van der Waals surface area contributed by atoms with Crippen LogP contribution in [0.5, 0.6) is 11.5 Å². The Labute approximate surface area is 173 Å². The Morgan fingerprint density at radius 1 is 0.966 bits per heavy atom. The summed E-state index contributed by atoms with van der Waals surface area (Å²) < 4.78 is 5.71. The molecule has 0 bridgehead atoms. The molecule has 5 nitrogen and oxygen atoms in total. The van der Waals surface area contributed by atoms with Crippen molar-refractivity contribution in [1.29, 1.82) is 0 Å². The number of rotatable bonds is 7. The number of carboxylic acid groups (broad SMARTS) is 1. The minimum atomic E-state index is -0.954. The van der Waals surface area contributed by atoms with Crippen molar-refractivity contribution in [3.63, 3.8) is 0 Å². The van der Waals surface area contributed by atoms with Gasteiger partial charge in [0.05, 0.1) is 11.1 Å². The van der Waals surface area contributed by atoms with E-state index in [0.717, 1.165) is 16.7 Å². The third-order valence-electron chi connectivity index (χ3n) is 4.43. The summed E-state index contributed by atoms with van der Waals surface area (Å²) in [6, 6.07) is 17.6. The van der Waals surface area contributed by atoms with Crippen molar-refractivity contribution in [3.05, 3.63) is 93.5 Å². The van der Waals surface area contributed by atoms with Gasteiger partial charge in [-0.1, -0.05) is 48.0 Å². The SMILES string of the molecule is CC(=O)c1ccc(OCc2cccc(Cc3cccc(C(=O)O)c3)c2)c(Cl)c1O. The number of phenolic OH excluding ortho intramolecular Hbond substituents is 1. The third-order valence-corrected chi connectivity index (χ3v) is 4.79. The van der Waals surface area contributed by atoms with Crippen molar-refractivity contribution in [1.82, 2.24) is 0 Å². The van der Waals surface area contributed by atoms with Crippen LogP contribution >= 0.6 is 11.6 Å². The lowest BCUT2D eigenvalue weighted by molar-refractivity contribution is 0.0696. The Morgan fingerprint density at radius 3 is 2.31 bits per heavy atom. The molecule has 0 saturated heterocycles. The van der Waals surface area contributed by atoms with E-state index in [4.69, 9.17) is 21.4 Å². The van der Waals surface area contributed by atoms with Gasteiger partial charge in [-0.05, 0) is 54.3 Å². The monoisotopic (exact) mass is 410 g/mol. The summed E-state index contributed by atoms with van der Waals surface area (Å²) in [5.41, 5.74) is 3.20. The van der Waals surface area contributed by atoms with E-state index in [1.165, 1.54) is 13.0 Å². The molecule has 0 aliphatic heterocycles. The van der Waals surface area contributed by atoms with Gasteiger partial charge in [-0.15, -0.1) is 0 Å². The van der Waals surface area contributed by atoms with Crippen LogP contribution in [0.15, 0.2) is 60.7 Å². The van der Waals surface area contributed by atoms with Gasteiger partial charge in [0.1, 0.15) is 23.1 Å². The fraction of sp³-hybridized carbons (Fsp3) is 0.130. The van der Waals surface area contributed by atoms with Crippen molar-refractivity contribution < 1.29 is 24.5 Å². The highest BCUT2D eigenvalue weighted by atomic mass is 35.5. The smallest absolute Gasteiger partial charge is 0.335 e. The second-order valence-corrected chi connectivity index (χ2v) is 7.00. The first-order chi connectivity index (χ1) is 13.8. The average Bonchev–Trinajstić information content (AvgIpc) is 2.69. The molecule has 0 amide bonds. The molecule has 0 aliphatic carbocycles. The molecule has 0 unspecified atom stereocenters. The van der Waals surface area contributed by atoms with E-state index in [1.54, 1.807) is 24.3 Å². The molecule has 2 N–H and O–H groups in total. The molecule has 0 atom stereocenters. The van der Waals surface area contributed by atoms with E-state index >= 15 is 0 Å². The predicted octanol–water partition coefficient (Wildman–Crippen LogP) is 5.12. The molecular weight excluding hydrogens is 392 g/mol. The van der Waals surface area contributed by atoms with Crippen LogP contribution in [0.3, 0.4) is 0 Å². The van der Waals surface area contributed by atoms with Crippen LogP contribution in [-0.4, -0.2) is 22.0 Å². The highest BCUT2D eigenvalue weighted by Crippen LogP contribution is 2.36. The summed E-state index contributed by atoms with van der Waals surface area (Å²) in [5.74, 6) is -1.24. The number of Topliss-reactive ketones (excluding diaryl/α,β-unsaturated/α-hetero) is 1. The Balaban J connectivity index is 1.72. The van der Waals surface area contributed by atoms with E-state index in [1.807, 2.05) is 30.3 Å². The van der Waals surface area contributed by atoms with Gasteiger partial charge in [0, 0.05) is 0 Å². The number of benzene rings is 3. The van der Waals surface area contributed by atoms with Crippen LogP contribution < -0.4 is 4.74 Å². The van der Waals surface area contributed by atoms with Gasteiger partial charge < -0.3 is 14.9 Å². The van der Waals surface area contributed by atoms with Crippen molar-refractivity contribution in [2.45, 2.75) is 20.0 Å². The predicted molar refractivity (Wildman–Crippen MR) is 110 cm³/mol. The lowest BCUT2D eigenvalue weighted by atomic mass is 10.0. The van der Waals surface area contributed by atoms with E-state index in [9.17, 15) is 14.7 Å². The first kappa shape index (κ1) is 20.4. The van der Waals surface area contributed by atoms with Crippen LogP contribution in [0.4, 0.5) is 0 Å². The number of halogens is 1. The molecule has 29 heavy (non-hydrogen) atoms. The van der Waals surface area contributed by atoms with Crippen molar-refractivity contribution >= 4 is 23.4 Å². The van der Waals surface area contributed by atoms with Gasteiger partial charge in [0.25, 0.3) is 0 Å². The zero-order valence-electron chi connectivity index (χ0n) is 15.7. The standard InChI is InChI=1S/C23H19ClO5/c1-14(25)19-8-9-20(21(24)22(19)26)29-13-17-6-2-4-15(11-17)10-16-5-3-7-18(12-16)23(27)28/h2-9,11-12,26H,10,13H2,1H3,(H,27,28). The summed E-state index contributed by atoms with van der Waals surface area (Å²) in [5, 5.41) is 19.2. The Hall–Kier alpha value is -3.31. The minimum Gasteiger partial charge on any atom is -0.505 e. The fourth-order valence-corrected chi connectivity index (χ4v) is 3.20. The molecule has 0 aliphatic rings. The summed E-state index contributed by atoms with van der Waals surface area (Å²) >= 11 is 6.11. The molecular formula is C23H19ClO5. The van der Waals surface area contributed by atoms with E-state index in [2.05, 4.69) is 0 Å². The topological polar surface area (TPSA) is 83.8 Å². The largest absolute Gasteiger partial charge is 0.505 e. The third kappa shape index (κ3) is 4.95. The molecule has 3 rings (SSSR count). The zero-order valence-corrected chi connectivity index (χ0v) is 16.4. The number of hydrogen-bond acceptors (Lipinski definition) is 4. The van der Waals surface area contributed by atoms with Crippen molar-refractivity contribution in [3.8, 4) is 11.5 Å². The zero-order chi connectivity index (χ0) is 21.0. The van der Waals surface area contributed by atoms with Gasteiger partial charge in [-0.3, -0.25) is 4.79 Å². The number of carbonyl (C=O) groups is 2. The average molecular weight is 411 g/mol. The quantitative estimate of drug-likeness (QED) is 0.528. The summed E-state index contributed by atoms with van der Waals surface area (Å²) in [7, 11) is 0. The van der Waals surface area contributed by atoms with Crippen LogP contribution in [0.25, 0.3) is 0 Å².